The molecule has 1 saturated heterocycles. The van der Waals surface area contributed by atoms with Crippen molar-refractivity contribution < 1.29 is 24.4 Å². The average Bonchev–Trinajstić information content (AvgIpc) is 3.16. The third-order valence-electron chi connectivity index (χ3n) is 4.68. The van der Waals surface area contributed by atoms with Gasteiger partial charge in [0.15, 0.2) is 0 Å². The summed E-state index contributed by atoms with van der Waals surface area (Å²) in [5.74, 6) is -0.900. The van der Waals surface area contributed by atoms with E-state index in [1.54, 1.807) is 12.0 Å². The smallest absolute Gasteiger partial charge is 0.335 e. The van der Waals surface area contributed by atoms with E-state index in [4.69, 9.17) is 9.84 Å². The number of methoxy groups -OCH3 is 1. The molecule has 1 unspecified atom stereocenters. The molecule has 1 heterocycles. The van der Waals surface area contributed by atoms with Crippen molar-refractivity contribution in [3.8, 4) is 5.75 Å². The second-order valence-corrected chi connectivity index (χ2v) is 6.31. The first kappa shape index (κ1) is 18.4. The Morgan fingerprint density at radius 3 is 2.59 bits per heavy atom. The Morgan fingerprint density at radius 2 is 1.93 bits per heavy atom. The topological polar surface area (TPSA) is 110 Å². The molecule has 0 radical (unpaired) electrons. The van der Waals surface area contributed by atoms with Gasteiger partial charge in [0.05, 0.1) is 17.6 Å². The summed E-state index contributed by atoms with van der Waals surface area (Å²) in [6, 6.07) is 10.8. The molecular formula is C19H18N2O6. The fourth-order valence-corrected chi connectivity index (χ4v) is 3.35. The Hall–Kier alpha value is -3.42. The molecule has 3 rings (SSSR count). The van der Waals surface area contributed by atoms with Crippen LogP contribution in [0.3, 0.4) is 0 Å². The van der Waals surface area contributed by atoms with Gasteiger partial charge >= 0.3 is 5.97 Å². The van der Waals surface area contributed by atoms with Gasteiger partial charge < -0.3 is 14.7 Å². The number of benzene rings is 2. The average molecular weight is 370 g/mol. The number of aromatic carboxylic acids is 1. The quantitative estimate of drug-likeness (QED) is 0.640. The van der Waals surface area contributed by atoms with Crippen molar-refractivity contribution in [2.45, 2.75) is 12.3 Å². The molecule has 0 aromatic heterocycles. The van der Waals surface area contributed by atoms with Crippen molar-refractivity contribution in [3.05, 3.63) is 69.3 Å². The highest BCUT2D eigenvalue weighted by molar-refractivity contribution is 5.98. The third-order valence-corrected chi connectivity index (χ3v) is 4.68. The van der Waals surface area contributed by atoms with Crippen molar-refractivity contribution in [2.75, 3.05) is 20.2 Å². The number of nitro groups is 1. The molecule has 2 aromatic carbocycles. The normalized spacial score (nSPS) is 16.2. The van der Waals surface area contributed by atoms with Gasteiger partial charge in [-0.2, -0.15) is 0 Å². The highest BCUT2D eigenvalue weighted by atomic mass is 16.6. The lowest BCUT2D eigenvalue weighted by Crippen LogP contribution is -2.28. The number of rotatable bonds is 5. The summed E-state index contributed by atoms with van der Waals surface area (Å²) in [6.45, 7) is 0.914. The first-order chi connectivity index (χ1) is 12.9. The number of amides is 1. The summed E-state index contributed by atoms with van der Waals surface area (Å²) in [4.78, 5) is 36.0. The van der Waals surface area contributed by atoms with Crippen LogP contribution < -0.4 is 4.74 Å². The number of likely N-dealkylation sites (tertiary alicyclic amines) is 1. The van der Waals surface area contributed by atoms with Crippen molar-refractivity contribution in [1.82, 2.24) is 4.90 Å². The van der Waals surface area contributed by atoms with Crippen LogP contribution in [0.15, 0.2) is 42.5 Å². The van der Waals surface area contributed by atoms with Gasteiger partial charge in [0.1, 0.15) is 5.75 Å². The molecule has 1 aliphatic rings. The molecule has 0 bridgehead atoms. The molecule has 8 heteroatoms. The number of para-hydroxylation sites is 1. The summed E-state index contributed by atoms with van der Waals surface area (Å²) < 4.78 is 5.38. The molecule has 0 spiro atoms. The first-order valence-electron chi connectivity index (χ1n) is 8.35. The number of ether oxygens (including phenoxy) is 1. The van der Waals surface area contributed by atoms with Gasteiger partial charge in [0, 0.05) is 36.7 Å². The Balaban J connectivity index is 1.85. The van der Waals surface area contributed by atoms with Crippen molar-refractivity contribution in [1.29, 1.82) is 0 Å². The molecule has 1 aliphatic heterocycles. The Labute approximate surface area is 155 Å². The van der Waals surface area contributed by atoms with Crippen LogP contribution in [0.2, 0.25) is 0 Å². The zero-order chi connectivity index (χ0) is 19.6. The van der Waals surface area contributed by atoms with E-state index in [2.05, 4.69) is 0 Å². The van der Waals surface area contributed by atoms with E-state index < -0.39 is 22.5 Å². The number of carboxylic acids is 1. The van der Waals surface area contributed by atoms with Gasteiger partial charge in [0.25, 0.3) is 11.6 Å². The Morgan fingerprint density at radius 1 is 1.22 bits per heavy atom. The molecule has 0 saturated carbocycles. The van der Waals surface area contributed by atoms with Crippen molar-refractivity contribution in [3.63, 3.8) is 0 Å². The van der Waals surface area contributed by atoms with Crippen LogP contribution in [0.1, 0.15) is 38.6 Å². The third kappa shape index (κ3) is 3.74. The lowest BCUT2D eigenvalue weighted by atomic mass is 9.97. The highest BCUT2D eigenvalue weighted by Gasteiger charge is 2.30. The van der Waals surface area contributed by atoms with Crippen LogP contribution in [0, 0.1) is 10.1 Å². The molecule has 8 nitrogen and oxygen atoms in total. The van der Waals surface area contributed by atoms with Gasteiger partial charge in [-0.3, -0.25) is 14.9 Å². The predicted octanol–water partition coefficient (Wildman–Crippen LogP) is 2.93. The second-order valence-electron chi connectivity index (χ2n) is 6.31. The van der Waals surface area contributed by atoms with Crippen LogP contribution >= 0.6 is 0 Å². The van der Waals surface area contributed by atoms with Gasteiger partial charge in [-0.15, -0.1) is 0 Å². The molecule has 0 aliphatic carbocycles. The van der Waals surface area contributed by atoms with E-state index in [0.717, 1.165) is 29.9 Å². The van der Waals surface area contributed by atoms with Crippen molar-refractivity contribution in [2.24, 2.45) is 0 Å². The van der Waals surface area contributed by atoms with Crippen LogP contribution in [-0.4, -0.2) is 47.0 Å². The van der Waals surface area contributed by atoms with Crippen molar-refractivity contribution >= 4 is 17.6 Å². The van der Waals surface area contributed by atoms with E-state index >= 15 is 0 Å². The molecule has 1 fully saturated rings. The number of carboxylic acid groups (broad SMARTS) is 1. The number of non-ortho nitro benzene ring substituents is 1. The minimum absolute atomic E-state index is 0.00211. The van der Waals surface area contributed by atoms with E-state index in [9.17, 15) is 19.7 Å². The summed E-state index contributed by atoms with van der Waals surface area (Å²) in [5, 5.41) is 20.2. The van der Waals surface area contributed by atoms with Crippen LogP contribution in [0.4, 0.5) is 5.69 Å². The van der Waals surface area contributed by atoms with Crippen LogP contribution in [-0.2, 0) is 0 Å². The number of carbonyl (C=O) groups is 2. The summed E-state index contributed by atoms with van der Waals surface area (Å²) in [6.07, 6.45) is 0.729. The van der Waals surface area contributed by atoms with E-state index in [-0.39, 0.29) is 17.0 Å². The summed E-state index contributed by atoms with van der Waals surface area (Å²) in [5.41, 5.74) is 0.301. The maximum Gasteiger partial charge on any atom is 0.335 e. The molecule has 140 valence electrons. The fraction of sp³-hybridized carbons (Fsp3) is 0.263. The van der Waals surface area contributed by atoms with Gasteiger partial charge in [-0.1, -0.05) is 18.2 Å². The van der Waals surface area contributed by atoms with E-state index in [0.29, 0.717) is 13.1 Å². The zero-order valence-electron chi connectivity index (χ0n) is 14.6. The predicted molar refractivity (Wildman–Crippen MR) is 96.3 cm³/mol. The minimum atomic E-state index is -1.32. The van der Waals surface area contributed by atoms with E-state index in [1.807, 2.05) is 24.3 Å². The number of hydrogen-bond donors (Lipinski definition) is 1. The maximum absolute atomic E-state index is 12.8. The largest absolute Gasteiger partial charge is 0.496 e. The molecular weight excluding hydrogens is 352 g/mol. The Bertz CT molecular complexity index is 879. The van der Waals surface area contributed by atoms with Gasteiger partial charge in [-0.25, -0.2) is 4.79 Å². The van der Waals surface area contributed by atoms with Gasteiger partial charge in [0.2, 0.25) is 0 Å². The van der Waals surface area contributed by atoms with Gasteiger partial charge in [-0.05, 0) is 24.1 Å². The SMILES string of the molecule is COc1ccccc1C1CCN(C(=O)c2cc(C(=O)O)cc([N+](=O)[O-])c2)C1. The minimum Gasteiger partial charge on any atom is -0.496 e. The maximum atomic E-state index is 12.8. The number of hydrogen-bond acceptors (Lipinski definition) is 5. The molecule has 1 atom stereocenters. The summed E-state index contributed by atoms with van der Waals surface area (Å²) >= 11 is 0. The number of nitro benzene ring substituents is 1. The zero-order valence-corrected chi connectivity index (χ0v) is 14.6. The van der Waals surface area contributed by atoms with Crippen LogP contribution in [0.5, 0.6) is 5.75 Å². The number of carbonyl (C=O) groups excluding carboxylic acids is 1. The lowest BCUT2D eigenvalue weighted by molar-refractivity contribution is -0.384. The standard InChI is InChI=1S/C19H18N2O6/c1-27-17-5-3-2-4-16(17)12-6-7-20(11-12)18(22)13-8-14(19(23)24)10-15(9-13)21(25)26/h2-5,8-10,12H,6-7,11H2,1H3,(H,23,24). The Kier molecular flexibility index (Phi) is 5.07. The van der Waals surface area contributed by atoms with Crippen LogP contribution in [0.25, 0.3) is 0 Å². The lowest BCUT2D eigenvalue weighted by Gasteiger charge is -2.18. The number of nitrogens with zero attached hydrogens (tertiary/aromatic N) is 2. The molecule has 1 N–H and O–H groups in total. The first-order valence-corrected chi connectivity index (χ1v) is 8.35. The van der Waals surface area contributed by atoms with E-state index in [1.165, 1.54) is 6.07 Å². The fourth-order valence-electron chi connectivity index (χ4n) is 3.35. The summed E-state index contributed by atoms with van der Waals surface area (Å²) in [7, 11) is 1.59. The highest BCUT2D eigenvalue weighted by Crippen LogP contribution is 2.34. The molecule has 1 amide bonds. The molecule has 2 aromatic rings. The second kappa shape index (κ2) is 7.45. The monoisotopic (exact) mass is 370 g/mol. The molecule has 27 heavy (non-hydrogen) atoms.